The lowest BCUT2D eigenvalue weighted by atomic mass is 10.0. The Kier molecular flexibility index (Phi) is 10.2. The summed E-state index contributed by atoms with van der Waals surface area (Å²) < 4.78 is 5.37. The van der Waals surface area contributed by atoms with E-state index >= 15 is 0 Å². The van der Waals surface area contributed by atoms with Crippen LogP contribution in [0.2, 0.25) is 5.02 Å². The van der Waals surface area contributed by atoms with E-state index in [1.807, 2.05) is 24.0 Å². The predicted molar refractivity (Wildman–Crippen MR) is 171 cm³/mol. The molecule has 236 valence electrons. The summed E-state index contributed by atoms with van der Waals surface area (Å²) in [6.07, 6.45) is -0.293. The van der Waals surface area contributed by atoms with Crippen LogP contribution in [0.4, 0.5) is 16.2 Å². The van der Waals surface area contributed by atoms with Gasteiger partial charge in [-0.2, -0.15) is 0 Å². The minimum atomic E-state index is -1.04. The van der Waals surface area contributed by atoms with E-state index in [0.717, 1.165) is 5.56 Å². The fraction of sp³-hybridized carbons (Fsp3) is 0.333. The molecule has 1 atom stereocenters. The Morgan fingerprint density at radius 2 is 1.51 bits per heavy atom. The number of ether oxygens (including phenoxy) is 1. The molecule has 11 nitrogen and oxygen atoms in total. The number of aryl methyl sites for hydroxylation is 1. The third kappa shape index (κ3) is 8.11. The zero-order valence-electron chi connectivity index (χ0n) is 25.0. The van der Waals surface area contributed by atoms with Gasteiger partial charge in [0.25, 0.3) is 11.8 Å². The maximum Gasteiger partial charge on any atom is 0.320 e. The molecule has 2 aliphatic heterocycles. The van der Waals surface area contributed by atoms with E-state index in [1.165, 1.54) is 0 Å². The van der Waals surface area contributed by atoms with Crippen LogP contribution in [0.1, 0.15) is 44.3 Å². The summed E-state index contributed by atoms with van der Waals surface area (Å²) in [7, 11) is 0. The number of piperazine rings is 1. The molecule has 5 rings (SSSR count). The van der Waals surface area contributed by atoms with Crippen molar-refractivity contribution in [2.24, 2.45) is 0 Å². The minimum Gasteiger partial charge on any atom is -0.481 e. The molecule has 45 heavy (non-hydrogen) atoms. The molecule has 0 aromatic heterocycles. The average molecular weight is 634 g/mol. The summed E-state index contributed by atoms with van der Waals surface area (Å²) in [5.74, 6) is -1.93. The number of carboxylic acid groups (broad SMARTS) is 1. The molecule has 3 aromatic rings. The summed E-state index contributed by atoms with van der Waals surface area (Å²) in [5.41, 5.74) is 3.40. The van der Waals surface area contributed by atoms with Crippen LogP contribution >= 0.6 is 11.6 Å². The van der Waals surface area contributed by atoms with E-state index in [1.54, 1.807) is 59.5 Å². The second-order valence-electron chi connectivity index (χ2n) is 11.1. The third-order valence-electron chi connectivity index (χ3n) is 7.93. The molecular weight excluding hydrogens is 598 g/mol. The SMILES string of the molecule is Cc1ccc(C(CC(=O)O)NC(=O)c2ccc(N3CCN(C(=O)N4CCOCC4)CC3)c(NC(=O)c3cccc(Cl)c3)c2)cc1. The molecule has 2 saturated heterocycles. The Labute approximate surface area is 266 Å². The normalized spacial score (nSPS) is 15.7. The Bertz CT molecular complexity index is 1550. The van der Waals surface area contributed by atoms with E-state index in [9.17, 15) is 24.3 Å². The lowest BCUT2D eigenvalue weighted by Gasteiger charge is -2.39. The van der Waals surface area contributed by atoms with Gasteiger partial charge < -0.3 is 35.2 Å². The number of urea groups is 1. The molecule has 12 heteroatoms. The van der Waals surface area contributed by atoms with Gasteiger partial charge in [-0.05, 0) is 48.9 Å². The van der Waals surface area contributed by atoms with Gasteiger partial charge in [-0.1, -0.05) is 47.5 Å². The monoisotopic (exact) mass is 633 g/mol. The zero-order valence-corrected chi connectivity index (χ0v) is 25.8. The summed E-state index contributed by atoms with van der Waals surface area (Å²) >= 11 is 6.13. The van der Waals surface area contributed by atoms with Crippen LogP contribution in [0, 0.1) is 6.92 Å². The van der Waals surface area contributed by atoms with Gasteiger partial charge in [0.15, 0.2) is 0 Å². The second-order valence-corrected chi connectivity index (χ2v) is 11.5. The van der Waals surface area contributed by atoms with E-state index in [2.05, 4.69) is 15.5 Å². The topological polar surface area (TPSA) is 132 Å². The first-order valence-corrected chi connectivity index (χ1v) is 15.2. The number of carbonyl (C=O) groups excluding carboxylic acids is 3. The Hall–Kier alpha value is -4.61. The van der Waals surface area contributed by atoms with Crippen molar-refractivity contribution in [1.29, 1.82) is 0 Å². The van der Waals surface area contributed by atoms with Gasteiger partial charge in [-0.15, -0.1) is 0 Å². The summed E-state index contributed by atoms with van der Waals surface area (Å²) in [5, 5.41) is 15.7. The number of anilines is 2. The number of amides is 4. The highest BCUT2D eigenvalue weighted by Crippen LogP contribution is 2.30. The lowest BCUT2D eigenvalue weighted by Crippen LogP contribution is -2.54. The van der Waals surface area contributed by atoms with E-state index in [-0.39, 0.29) is 18.0 Å². The number of hydrogen-bond donors (Lipinski definition) is 3. The van der Waals surface area contributed by atoms with Crippen molar-refractivity contribution < 1.29 is 29.0 Å². The number of benzene rings is 3. The maximum atomic E-state index is 13.5. The molecule has 1 unspecified atom stereocenters. The molecule has 0 spiro atoms. The highest BCUT2D eigenvalue weighted by Gasteiger charge is 2.28. The average Bonchev–Trinajstić information content (AvgIpc) is 3.04. The fourth-order valence-corrected chi connectivity index (χ4v) is 5.63. The van der Waals surface area contributed by atoms with Crippen molar-refractivity contribution in [3.05, 3.63) is 94.0 Å². The van der Waals surface area contributed by atoms with Crippen molar-refractivity contribution in [2.45, 2.75) is 19.4 Å². The predicted octanol–water partition coefficient (Wildman–Crippen LogP) is 4.42. The van der Waals surface area contributed by atoms with Gasteiger partial charge in [0, 0.05) is 55.4 Å². The van der Waals surface area contributed by atoms with Crippen LogP contribution in [-0.4, -0.2) is 91.2 Å². The molecule has 0 bridgehead atoms. The summed E-state index contributed by atoms with van der Waals surface area (Å²) in [6.45, 7) is 6.16. The van der Waals surface area contributed by atoms with E-state index < -0.39 is 23.8 Å². The van der Waals surface area contributed by atoms with Crippen molar-refractivity contribution >= 4 is 46.8 Å². The first-order valence-electron chi connectivity index (χ1n) is 14.8. The molecule has 2 fully saturated rings. The number of carbonyl (C=O) groups is 4. The van der Waals surface area contributed by atoms with Gasteiger partial charge in [0.2, 0.25) is 0 Å². The maximum absolute atomic E-state index is 13.5. The first kappa shape index (κ1) is 31.8. The molecule has 2 heterocycles. The lowest BCUT2D eigenvalue weighted by molar-refractivity contribution is -0.137. The number of aliphatic carboxylic acids is 1. The van der Waals surface area contributed by atoms with Crippen LogP contribution in [0.25, 0.3) is 0 Å². The van der Waals surface area contributed by atoms with Crippen molar-refractivity contribution in [2.75, 3.05) is 62.7 Å². The number of nitrogens with one attached hydrogen (secondary N) is 2. The van der Waals surface area contributed by atoms with Crippen LogP contribution in [-0.2, 0) is 9.53 Å². The quantitative estimate of drug-likeness (QED) is 0.335. The number of hydrogen-bond acceptors (Lipinski definition) is 6. The van der Waals surface area contributed by atoms with Crippen molar-refractivity contribution in [3.8, 4) is 0 Å². The molecule has 3 N–H and O–H groups in total. The minimum absolute atomic E-state index is 0.0102. The van der Waals surface area contributed by atoms with Gasteiger partial charge in [-0.3, -0.25) is 14.4 Å². The Morgan fingerprint density at radius 3 is 2.18 bits per heavy atom. The molecule has 3 aromatic carbocycles. The number of morpholine rings is 1. The van der Waals surface area contributed by atoms with Gasteiger partial charge in [0.1, 0.15) is 0 Å². The van der Waals surface area contributed by atoms with Gasteiger partial charge in [0.05, 0.1) is 37.1 Å². The van der Waals surface area contributed by atoms with Crippen molar-refractivity contribution in [1.82, 2.24) is 15.1 Å². The highest BCUT2D eigenvalue weighted by molar-refractivity contribution is 6.31. The largest absolute Gasteiger partial charge is 0.481 e. The Balaban J connectivity index is 1.37. The van der Waals surface area contributed by atoms with E-state index in [0.29, 0.717) is 80.0 Å². The number of nitrogens with zero attached hydrogens (tertiary/aromatic N) is 3. The smallest absolute Gasteiger partial charge is 0.320 e. The second kappa shape index (κ2) is 14.4. The number of carboxylic acids is 1. The van der Waals surface area contributed by atoms with Crippen LogP contribution < -0.4 is 15.5 Å². The molecule has 0 radical (unpaired) electrons. The molecule has 0 aliphatic carbocycles. The molecule has 2 aliphatic rings. The van der Waals surface area contributed by atoms with E-state index in [4.69, 9.17) is 16.3 Å². The standard InChI is InChI=1S/C33H36ClN5O6/c1-22-5-7-23(8-6-22)27(21-30(40)41)35-32(43)25-9-10-29(28(20-25)36-31(42)24-3-2-4-26(34)19-24)37-11-13-38(14-12-37)33(44)39-15-17-45-18-16-39/h2-10,19-20,27H,11-18,21H2,1H3,(H,35,43)(H,36,42)(H,40,41). The first-order chi connectivity index (χ1) is 21.7. The molecule has 4 amide bonds. The van der Waals surface area contributed by atoms with Gasteiger partial charge in [-0.25, -0.2) is 4.79 Å². The summed E-state index contributed by atoms with van der Waals surface area (Å²) in [6, 6.07) is 18.1. The van der Waals surface area contributed by atoms with Crippen LogP contribution in [0.5, 0.6) is 0 Å². The fourth-order valence-electron chi connectivity index (χ4n) is 5.44. The van der Waals surface area contributed by atoms with Crippen LogP contribution in [0.3, 0.4) is 0 Å². The van der Waals surface area contributed by atoms with Crippen LogP contribution in [0.15, 0.2) is 66.7 Å². The summed E-state index contributed by atoms with van der Waals surface area (Å²) in [4.78, 5) is 57.1. The molecular formula is C33H36ClN5O6. The zero-order chi connectivity index (χ0) is 31.9. The van der Waals surface area contributed by atoms with Crippen molar-refractivity contribution in [3.63, 3.8) is 0 Å². The Morgan fingerprint density at radius 1 is 0.844 bits per heavy atom. The third-order valence-corrected chi connectivity index (χ3v) is 8.17. The van der Waals surface area contributed by atoms with Gasteiger partial charge >= 0.3 is 12.0 Å². The highest BCUT2D eigenvalue weighted by atomic mass is 35.5. The number of halogens is 1. The number of rotatable bonds is 8. The molecule has 0 saturated carbocycles.